The number of aromatic carboxylic acids is 1. The first-order chi connectivity index (χ1) is 9.06. The van der Waals surface area contributed by atoms with Gasteiger partial charge in [0.1, 0.15) is 5.75 Å². The molecule has 0 bridgehead atoms. The van der Waals surface area contributed by atoms with Crippen LogP contribution in [0, 0.1) is 11.3 Å². The molecule has 0 aliphatic carbocycles. The van der Waals surface area contributed by atoms with Crippen molar-refractivity contribution in [3.8, 4) is 6.07 Å². The van der Waals surface area contributed by atoms with E-state index in [2.05, 4.69) is 5.32 Å². The molecule has 0 saturated carbocycles. The van der Waals surface area contributed by atoms with Crippen molar-refractivity contribution < 1.29 is 18.9 Å². The van der Waals surface area contributed by atoms with Crippen LogP contribution in [-0.4, -0.2) is 33.5 Å². The predicted octanol–water partition coefficient (Wildman–Crippen LogP) is 0.522. The van der Waals surface area contributed by atoms with Crippen molar-refractivity contribution in [3.63, 3.8) is 0 Å². The topological polar surface area (TPSA) is 107 Å². The van der Waals surface area contributed by atoms with Crippen LogP contribution >= 0.6 is 0 Å². The standard InChI is InChI=1S/C12H12N2O4S/c13-6-3-7-14-11(15)8-19(18)10-5-2-1-4-9(10)12(16)17/h1-2,4-5H,3,7-8H2,(H,14,15)(H,16,17). The van der Waals surface area contributed by atoms with Crippen LogP contribution in [0.5, 0.6) is 0 Å². The zero-order chi connectivity index (χ0) is 14.3. The fraction of sp³-hybridized carbons (Fsp3) is 0.250. The van der Waals surface area contributed by atoms with Crippen LogP contribution in [0.3, 0.4) is 0 Å². The number of carboxylic acids is 1. The van der Waals surface area contributed by atoms with Gasteiger partial charge in [0.15, 0.2) is 0 Å². The van der Waals surface area contributed by atoms with Gasteiger partial charge in [-0.15, -0.1) is 0 Å². The number of benzene rings is 1. The molecule has 1 atom stereocenters. The molecule has 0 heterocycles. The van der Waals surface area contributed by atoms with Gasteiger partial charge in [-0.3, -0.25) is 9.00 Å². The summed E-state index contributed by atoms with van der Waals surface area (Å²) in [5, 5.41) is 19.7. The summed E-state index contributed by atoms with van der Waals surface area (Å²) in [6.07, 6.45) is 0.171. The molecule has 1 amide bonds. The number of carbonyl (C=O) groups excluding carboxylic acids is 1. The zero-order valence-electron chi connectivity index (χ0n) is 9.96. The molecule has 1 rings (SSSR count). The lowest BCUT2D eigenvalue weighted by Gasteiger charge is -2.06. The lowest BCUT2D eigenvalue weighted by atomic mass is 10.2. The number of nitriles is 1. The molecule has 0 radical (unpaired) electrons. The Bertz CT molecular complexity index is 551. The van der Waals surface area contributed by atoms with Crippen LogP contribution in [0.15, 0.2) is 29.2 Å². The van der Waals surface area contributed by atoms with Crippen LogP contribution in [0.2, 0.25) is 0 Å². The maximum absolute atomic E-state index is 11.9. The largest absolute Gasteiger partial charge is 0.478 e. The Hall–Kier alpha value is -2.20. The van der Waals surface area contributed by atoms with Gasteiger partial charge in [0.25, 0.3) is 0 Å². The van der Waals surface area contributed by atoms with Gasteiger partial charge in [-0.25, -0.2) is 4.79 Å². The monoisotopic (exact) mass is 280 g/mol. The van der Waals surface area contributed by atoms with Gasteiger partial charge >= 0.3 is 5.97 Å². The first kappa shape index (κ1) is 14.9. The quantitative estimate of drug-likeness (QED) is 0.739. The number of nitrogens with zero attached hydrogens (tertiary/aromatic N) is 1. The maximum atomic E-state index is 11.9. The summed E-state index contributed by atoms with van der Waals surface area (Å²) >= 11 is 0. The number of hydrogen-bond acceptors (Lipinski definition) is 4. The summed E-state index contributed by atoms with van der Waals surface area (Å²) in [6.45, 7) is 0.188. The van der Waals surface area contributed by atoms with E-state index in [0.717, 1.165) is 0 Å². The minimum absolute atomic E-state index is 0.0781. The van der Waals surface area contributed by atoms with Crippen molar-refractivity contribution >= 4 is 22.7 Å². The van der Waals surface area contributed by atoms with E-state index in [-0.39, 0.29) is 29.2 Å². The van der Waals surface area contributed by atoms with Gasteiger partial charge < -0.3 is 10.4 Å². The molecule has 100 valence electrons. The van der Waals surface area contributed by atoms with E-state index in [0.29, 0.717) is 0 Å². The SMILES string of the molecule is N#CCCNC(=O)CS(=O)c1ccccc1C(=O)O. The molecule has 0 aliphatic heterocycles. The summed E-state index contributed by atoms with van der Waals surface area (Å²) in [7, 11) is -1.73. The summed E-state index contributed by atoms with van der Waals surface area (Å²) < 4.78 is 11.9. The van der Waals surface area contributed by atoms with Crippen molar-refractivity contribution in [2.45, 2.75) is 11.3 Å². The fourth-order valence-electron chi connectivity index (χ4n) is 1.35. The Kier molecular flexibility index (Phi) is 5.70. The summed E-state index contributed by atoms with van der Waals surface area (Å²) in [4.78, 5) is 22.5. The molecular formula is C12H12N2O4S. The third-order valence-electron chi connectivity index (χ3n) is 2.18. The molecule has 0 aliphatic rings. The van der Waals surface area contributed by atoms with Crippen LogP contribution in [0.1, 0.15) is 16.8 Å². The summed E-state index contributed by atoms with van der Waals surface area (Å²) in [6, 6.07) is 7.71. The smallest absolute Gasteiger partial charge is 0.336 e. The fourth-order valence-corrected chi connectivity index (χ4v) is 2.47. The van der Waals surface area contributed by atoms with Gasteiger partial charge in [-0.2, -0.15) is 5.26 Å². The van der Waals surface area contributed by atoms with Crippen molar-refractivity contribution in [2.24, 2.45) is 0 Å². The molecule has 1 aromatic carbocycles. The highest BCUT2D eigenvalue weighted by Gasteiger charge is 2.16. The molecule has 6 nitrogen and oxygen atoms in total. The Morgan fingerprint density at radius 1 is 1.37 bits per heavy atom. The maximum Gasteiger partial charge on any atom is 0.336 e. The predicted molar refractivity (Wildman–Crippen MR) is 67.9 cm³/mol. The van der Waals surface area contributed by atoms with E-state index in [1.54, 1.807) is 6.07 Å². The number of hydrogen-bond donors (Lipinski definition) is 2. The zero-order valence-corrected chi connectivity index (χ0v) is 10.8. The number of nitrogens with one attached hydrogen (secondary N) is 1. The highest BCUT2D eigenvalue weighted by atomic mass is 32.2. The van der Waals surface area contributed by atoms with Crippen molar-refractivity contribution in [1.29, 1.82) is 5.26 Å². The Labute approximate surface area is 112 Å². The number of amides is 1. The highest BCUT2D eigenvalue weighted by molar-refractivity contribution is 7.85. The highest BCUT2D eigenvalue weighted by Crippen LogP contribution is 2.13. The molecular weight excluding hydrogens is 268 g/mol. The molecule has 7 heteroatoms. The molecule has 0 aromatic heterocycles. The molecule has 0 spiro atoms. The second-order valence-electron chi connectivity index (χ2n) is 3.55. The van der Waals surface area contributed by atoms with Gasteiger partial charge in [0.05, 0.1) is 33.7 Å². The van der Waals surface area contributed by atoms with Crippen LogP contribution in [0.4, 0.5) is 0 Å². The Morgan fingerprint density at radius 3 is 2.68 bits per heavy atom. The minimum Gasteiger partial charge on any atom is -0.478 e. The van der Waals surface area contributed by atoms with E-state index in [1.807, 2.05) is 6.07 Å². The minimum atomic E-state index is -1.73. The van der Waals surface area contributed by atoms with E-state index in [4.69, 9.17) is 10.4 Å². The van der Waals surface area contributed by atoms with E-state index in [9.17, 15) is 13.8 Å². The first-order valence-corrected chi connectivity index (χ1v) is 6.72. The average molecular weight is 280 g/mol. The van der Waals surface area contributed by atoms with Crippen molar-refractivity contribution in [1.82, 2.24) is 5.32 Å². The van der Waals surface area contributed by atoms with Gasteiger partial charge in [0.2, 0.25) is 5.91 Å². The van der Waals surface area contributed by atoms with E-state index < -0.39 is 22.7 Å². The van der Waals surface area contributed by atoms with Gasteiger partial charge in [0, 0.05) is 6.54 Å². The number of rotatable bonds is 6. The van der Waals surface area contributed by atoms with Crippen molar-refractivity contribution in [3.05, 3.63) is 29.8 Å². The average Bonchev–Trinajstić information content (AvgIpc) is 2.39. The first-order valence-electron chi connectivity index (χ1n) is 5.40. The number of carbonyl (C=O) groups is 2. The third-order valence-corrected chi connectivity index (χ3v) is 3.55. The van der Waals surface area contributed by atoms with E-state index >= 15 is 0 Å². The number of carboxylic acid groups (broad SMARTS) is 1. The lowest BCUT2D eigenvalue weighted by Crippen LogP contribution is -2.29. The molecule has 0 fully saturated rings. The second-order valence-corrected chi connectivity index (χ2v) is 4.97. The normalized spacial score (nSPS) is 11.3. The van der Waals surface area contributed by atoms with Gasteiger partial charge in [-0.05, 0) is 12.1 Å². The molecule has 2 N–H and O–H groups in total. The lowest BCUT2D eigenvalue weighted by molar-refractivity contribution is -0.118. The van der Waals surface area contributed by atoms with Crippen molar-refractivity contribution in [2.75, 3.05) is 12.3 Å². The van der Waals surface area contributed by atoms with Crippen LogP contribution in [0.25, 0.3) is 0 Å². The summed E-state index contributed by atoms with van der Waals surface area (Å²) in [5.41, 5.74) is -0.0781. The van der Waals surface area contributed by atoms with Crippen LogP contribution in [-0.2, 0) is 15.6 Å². The Balaban J connectivity index is 2.71. The van der Waals surface area contributed by atoms with E-state index in [1.165, 1.54) is 18.2 Å². The van der Waals surface area contributed by atoms with Gasteiger partial charge in [-0.1, -0.05) is 12.1 Å². The third kappa shape index (κ3) is 4.52. The van der Waals surface area contributed by atoms with Crippen LogP contribution < -0.4 is 5.32 Å². The molecule has 1 aromatic rings. The molecule has 1 unspecified atom stereocenters. The summed E-state index contributed by atoms with van der Waals surface area (Å²) in [5.74, 6) is -1.99. The molecule has 19 heavy (non-hydrogen) atoms. The second kappa shape index (κ2) is 7.28. The molecule has 0 saturated heterocycles. The Morgan fingerprint density at radius 2 is 2.05 bits per heavy atom.